The van der Waals surface area contributed by atoms with Crippen LogP contribution in [0.25, 0.3) is 0 Å². The van der Waals surface area contributed by atoms with Crippen LogP contribution in [0.2, 0.25) is 0 Å². The van der Waals surface area contributed by atoms with Crippen molar-refractivity contribution < 1.29 is 19.4 Å². The minimum absolute atomic E-state index is 0.0445. The van der Waals surface area contributed by atoms with Crippen LogP contribution in [-0.2, 0) is 9.53 Å². The maximum Gasteiger partial charge on any atom is 0.341 e. The van der Waals surface area contributed by atoms with E-state index >= 15 is 0 Å². The smallest absolute Gasteiger partial charge is 0.341 e. The van der Waals surface area contributed by atoms with E-state index in [0.29, 0.717) is 5.82 Å². The number of hydrogen-bond acceptors (Lipinski definition) is 5. The number of esters is 1. The Kier molecular flexibility index (Phi) is 4.26. The average Bonchev–Trinajstić information content (AvgIpc) is 2.28. The van der Waals surface area contributed by atoms with Gasteiger partial charge in [-0.1, -0.05) is 0 Å². The summed E-state index contributed by atoms with van der Waals surface area (Å²) in [5.74, 6) is -1.09. The van der Waals surface area contributed by atoms with Gasteiger partial charge in [0.05, 0.1) is 13.5 Å². The number of pyridine rings is 1. The quantitative estimate of drug-likeness (QED) is 0.717. The monoisotopic (exact) mass is 224 g/mol. The van der Waals surface area contributed by atoms with Crippen LogP contribution in [0.1, 0.15) is 16.8 Å². The van der Waals surface area contributed by atoms with Gasteiger partial charge in [-0.2, -0.15) is 0 Å². The summed E-state index contributed by atoms with van der Waals surface area (Å²) in [7, 11) is 1.27. The van der Waals surface area contributed by atoms with Crippen LogP contribution in [0, 0.1) is 0 Å². The van der Waals surface area contributed by atoms with E-state index in [0.717, 1.165) is 0 Å². The lowest BCUT2D eigenvalue weighted by molar-refractivity contribution is -0.136. The van der Waals surface area contributed by atoms with E-state index in [1.165, 1.54) is 13.3 Å². The number of carbonyl (C=O) groups excluding carboxylic acids is 1. The third-order valence-corrected chi connectivity index (χ3v) is 1.84. The Morgan fingerprint density at radius 3 is 2.94 bits per heavy atom. The standard InChI is InChI=1S/C10H12N2O4/c1-16-10(15)7-3-2-5-11-9(7)12-6-4-8(13)14/h2-3,5H,4,6H2,1H3,(H,11,12)(H,13,14). The summed E-state index contributed by atoms with van der Waals surface area (Å²) in [6.45, 7) is 0.205. The van der Waals surface area contributed by atoms with Crippen LogP contribution in [0.3, 0.4) is 0 Å². The molecular weight excluding hydrogens is 212 g/mol. The zero-order valence-electron chi connectivity index (χ0n) is 8.77. The molecule has 6 heteroatoms. The van der Waals surface area contributed by atoms with Crippen LogP contribution in [0.15, 0.2) is 18.3 Å². The number of carbonyl (C=O) groups is 2. The summed E-state index contributed by atoms with van der Waals surface area (Å²) in [5, 5.41) is 11.2. The first kappa shape index (κ1) is 12.0. The minimum Gasteiger partial charge on any atom is -0.481 e. The van der Waals surface area contributed by atoms with Crippen LogP contribution in [-0.4, -0.2) is 35.7 Å². The molecule has 0 fully saturated rings. The SMILES string of the molecule is COC(=O)c1cccnc1NCCC(=O)O. The molecule has 1 aromatic heterocycles. The van der Waals surface area contributed by atoms with Crippen LogP contribution in [0.5, 0.6) is 0 Å². The highest BCUT2D eigenvalue weighted by Crippen LogP contribution is 2.12. The van der Waals surface area contributed by atoms with Crippen molar-refractivity contribution in [1.82, 2.24) is 4.98 Å². The van der Waals surface area contributed by atoms with Crippen molar-refractivity contribution in [2.24, 2.45) is 0 Å². The van der Waals surface area contributed by atoms with Gasteiger partial charge in [-0.05, 0) is 12.1 Å². The van der Waals surface area contributed by atoms with Gasteiger partial charge >= 0.3 is 11.9 Å². The lowest BCUT2D eigenvalue weighted by Gasteiger charge is -2.07. The summed E-state index contributed by atoms with van der Waals surface area (Å²) >= 11 is 0. The Hall–Kier alpha value is -2.11. The largest absolute Gasteiger partial charge is 0.481 e. The van der Waals surface area contributed by atoms with Gasteiger partial charge in [0.2, 0.25) is 0 Å². The Morgan fingerprint density at radius 2 is 2.31 bits per heavy atom. The van der Waals surface area contributed by atoms with E-state index in [9.17, 15) is 9.59 Å². The summed E-state index contributed by atoms with van der Waals surface area (Å²) in [6, 6.07) is 3.16. The predicted octanol–water partition coefficient (Wildman–Crippen LogP) is 0.755. The molecule has 1 aromatic rings. The molecule has 2 N–H and O–H groups in total. The molecule has 16 heavy (non-hydrogen) atoms. The van der Waals surface area contributed by atoms with E-state index in [4.69, 9.17) is 5.11 Å². The first-order valence-electron chi connectivity index (χ1n) is 4.64. The van der Waals surface area contributed by atoms with Crippen molar-refractivity contribution in [3.8, 4) is 0 Å². The number of methoxy groups -OCH3 is 1. The summed E-state index contributed by atoms with van der Waals surface area (Å²) in [4.78, 5) is 25.6. The zero-order valence-corrected chi connectivity index (χ0v) is 8.77. The zero-order chi connectivity index (χ0) is 12.0. The summed E-state index contributed by atoms with van der Waals surface area (Å²) in [6.07, 6.45) is 1.47. The normalized spacial score (nSPS) is 9.56. The van der Waals surface area contributed by atoms with Gasteiger partial charge in [0, 0.05) is 12.7 Å². The lowest BCUT2D eigenvalue weighted by atomic mass is 10.2. The topological polar surface area (TPSA) is 88.5 Å². The number of hydrogen-bond donors (Lipinski definition) is 2. The van der Waals surface area contributed by atoms with E-state index in [2.05, 4.69) is 15.0 Å². The minimum atomic E-state index is -0.914. The van der Waals surface area contributed by atoms with Crippen LogP contribution >= 0.6 is 0 Å². The fraction of sp³-hybridized carbons (Fsp3) is 0.300. The summed E-state index contributed by atoms with van der Waals surface area (Å²) < 4.78 is 4.57. The van der Waals surface area contributed by atoms with Crippen LogP contribution in [0.4, 0.5) is 5.82 Å². The second-order valence-electron chi connectivity index (χ2n) is 2.96. The molecular formula is C10H12N2O4. The fourth-order valence-electron chi connectivity index (χ4n) is 1.11. The molecule has 0 aliphatic heterocycles. The van der Waals surface area contributed by atoms with Gasteiger partial charge < -0.3 is 15.2 Å². The fourth-order valence-corrected chi connectivity index (χ4v) is 1.11. The number of nitrogens with zero attached hydrogens (tertiary/aromatic N) is 1. The molecule has 0 unspecified atom stereocenters. The average molecular weight is 224 g/mol. The number of rotatable bonds is 5. The molecule has 1 heterocycles. The molecule has 0 aliphatic rings. The molecule has 0 bridgehead atoms. The maximum atomic E-state index is 11.3. The van der Waals surface area contributed by atoms with Gasteiger partial charge in [0.25, 0.3) is 0 Å². The maximum absolute atomic E-state index is 11.3. The highest BCUT2D eigenvalue weighted by molar-refractivity contribution is 5.94. The molecule has 0 spiro atoms. The molecule has 86 valence electrons. The number of ether oxygens (including phenoxy) is 1. The van der Waals surface area contributed by atoms with Crippen molar-refractivity contribution in [2.45, 2.75) is 6.42 Å². The summed E-state index contributed by atoms with van der Waals surface area (Å²) in [5.41, 5.74) is 0.287. The van der Waals surface area contributed by atoms with Crippen molar-refractivity contribution in [2.75, 3.05) is 19.0 Å². The van der Waals surface area contributed by atoms with Gasteiger partial charge in [-0.3, -0.25) is 4.79 Å². The number of carboxylic acids is 1. The third kappa shape index (κ3) is 3.23. The van der Waals surface area contributed by atoms with Crippen molar-refractivity contribution in [3.63, 3.8) is 0 Å². The van der Waals surface area contributed by atoms with Gasteiger partial charge in [0.15, 0.2) is 0 Å². The van der Waals surface area contributed by atoms with Crippen molar-refractivity contribution >= 4 is 17.8 Å². The van der Waals surface area contributed by atoms with Crippen molar-refractivity contribution in [3.05, 3.63) is 23.9 Å². The first-order chi connectivity index (χ1) is 7.65. The number of anilines is 1. The second kappa shape index (κ2) is 5.69. The van der Waals surface area contributed by atoms with E-state index < -0.39 is 11.9 Å². The molecule has 0 radical (unpaired) electrons. The molecule has 6 nitrogen and oxygen atoms in total. The van der Waals surface area contributed by atoms with Gasteiger partial charge in [0.1, 0.15) is 11.4 Å². The Morgan fingerprint density at radius 1 is 1.56 bits per heavy atom. The highest BCUT2D eigenvalue weighted by atomic mass is 16.5. The van der Waals surface area contributed by atoms with E-state index in [1.54, 1.807) is 12.1 Å². The Labute approximate surface area is 92.3 Å². The number of nitrogens with one attached hydrogen (secondary N) is 1. The third-order valence-electron chi connectivity index (χ3n) is 1.84. The number of carboxylic acid groups (broad SMARTS) is 1. The highest BCUT2D eigenvalue weighted by Gasteiger charge is 2.11. The Balaban J connectivity index is 2.71. The second-order valence-corrected chi connectivity index (χ2v) is 2.96. The molecule has 0 amide bonds. The number of aromatic nitrogens is 1. The first-order valence-corrected chi connectivity index (χ1v) is 4.64. The molecule has 0 saturated heterocycles. The molecule has 1 rings (SSSR count). The van der Waals surface area contributed by atoms with Gasteiger partial charge in [-0.15, -0.1) is 0 Å². The predicted molar refractivity (Wildman–Crippen MR) is 56.3 cm³/mol. The molecule has 0 saturated carbocycles. The lowest BCUT2D eigenvalue weighted by Crippen LogP contribution is -2.13. The molecule has 0 aliphatic carbocycles. The van der Waals surface area contributed by atoms with E-state index in [1.807, 2.05) is 0 Å². The van der Waals surface area contributed by atoms with E-state index in [-0.39, 0.29) is 18.5 Å². The molecule has 0 aromatic carbocycles. The number of aliphatic carboxylic acids is 1. The van der Waals surface area contributed by atoms with Crippen LogP contribution < -0.4 is 5.32 Å². The van der Waals surface area contributed by atoms with Crippen molar-refractivity contribution in [1.29, 1.82) is 0 Å². The Bertz CT molecular complexity index is 392. The molecule has 0 atom stereocenters. The van der Waals surface area contributed by atoms with Gasteiger partial charge in [-0.25, -0.2) is 9.78 Å².